The Balaban J connectivity index is 2.88. The van der Waals surface area contributed by atoms with E-state index in [0.717, 1.165) is 32.8 Å². The number of rotatable bonds is 12. The predicted molar refractivity (Wildman–Crippen MR) is 68.9 cm³/mol. The van der Waals surface area contributed by atoms with Crippen molar-refractivity contribution < 1.29 is 9.47 Å². The largest absolute Gasteiger partial charge is 0.385 e. The van der Waals surface area contributed by atoms with Crippen LogP contribution in [-0.4, -0.2) is 39.5 Å². The molecule has 0 aromatic rings. The standard InChI is InChI=1S/C13H29NO2/c1-13(2)14-9-6-4-5-7-11-16-12-8-10-15-3/h13-14H,4-12H2,1-3H3. The maximum absolute atomic E-state index is 5.48. The highest BCUT2D eigenvalue weighted by molar-refractivity contribution is 4.53. The molecule has 0 unspecified atom stereocenters. The van der Waals surface area contributed by atoms with Crippen LogP contribution in [0.15, 0.2) is 0 Å². The van der Waals surface area contributed by atoms with Crippen molar-refractivity contribution in [2.75, 3.05) is 33.5 Å². The van der Waals surface area contributed by atoms with E-state index in [-0.39, 0.29) is 0 Å². The fourth-order valence-corrected chi connectivity index (χ4v) is 1.48. The van der Waals surface area contributed by atoms with Crippen molar-refractivity contribution in [2.45, 2.75) is 52.0 Å². The van der Waals surface area contributed by atoms with Crippen molar-refractivity contribution in [2.24, 2.45) is 0 Å². The third kappa shape index (κ3) is 13.9. The van der Waals surface area contributed by atoms with Crippen LogP contribution < -0.4 is 5.32 Å². The minimum Gasteiger partial charge on any atom is -0.385 e. The molecule has 0 atom stereocenters. The van der Waals surface area contributed by atoms with Gasteiger partial charge in [-0.15, -0.1) is 0 Å². The highest BCUT2D eigenvalue weighted by atomic mass is 16.5. The summed E-state index contributed by atoms with van der Waals surface area (Å²) in [6, 6.07) is 0.615. The number of hydrogen-bond donors (Lipinski definition) is 1. The summed E-state index contributed by atoms with van der Waals surface area (Å²) in [6.45, 7) is 8.07. The molecule has 0 saturated carbocycles. The van der Waals surface area contributed by atoms with E-state index in [0.29, 0.717) is 6.04 Å². The van der Waals surface area contributed by atoms with Gasteiger partial charge in [0.2, 0.25) is 0 Å². The quantitative estimate of drug-likeness (QED) is 0.524. The van der Waals surface area contributed by atoms with Crippen LogP contribution >= 0.6 is 0 Å². The van der Waals surface area contributed by atoms with Crippen LogP contribution in [0.25, 0.3) is 0 Å². The smallest absolute Gasteiger partial charge is 0.0487 e. The molecule has 0 rings (SSSR count). The van der Waals surface area contributed by atoms with Gasteiger partial charge in [0.1, 0.15) is 0 Å². The lowest BCUT2D eigenvalue weighted by Crippen LogP contribution is -2.23. The summed E-state index contributed by atoms with van der Waals surface area (Å²) < 4.78 is 10.4. The molecule has 0 aliphatic rings. The summed E-state index contributed by atoms with van der Waals surface area (Å²) >= 11 is 0. The Bertz CT molecular complexity index is 129. The highest BCUT2D eigenvalue weighted by Gasteiger charge is 1.93. The van der Waals surface area contributed by atoms with E-state index in [4.69, 9.17) is 9.47 Å². The molecule has 0 aromatic heterocycles. The minimum absolute atomic E-state index is 0.615. The van der Waals surface area contributed by atoms with Crippen LogP contribution in [0.2, 0.25) is 0 Å². The van der Waals surface area contributed by atoms with E-state index in [1.54, 1.807) is 7.11 Å². The summed E-state index contributed by atoms with van der Waals surface area (Å²) in [5, 5.41) is 3.43. The van der Waals surface area contributed by atoms with Crippen LogP contribution in [0.1, 0.15) is 46.0 Å². The van der Waals surface area contributed by atoms with E-state index in [1.165, 1.54) is 25.7 Å². The average molecular weight is 231 g/mol. The van der Waals surface area contributed by atoms with Crippen LogP contribution in [0.4, 0.5) is 0 Å². The minimum atomic E-state index is 0.615. The Hall–Kier alpha value is -0.120. The van der Waals surface area contributed by atoms with Crippen molar-refractivity contribution in [1.82, 2.24) is 5.32 Å². The molecule has 0 heterocycles. The van der Waals surface area contributed by atoms with E-state index in [9.17, 15) is 0 Å². The van der Waals surface area contributed by atoms with Gasteiger partial charge in [0.15, 0.2) is 0 Å². The van der Waals surface area contributed by atoms with Crippen molar-refractivity contribution in [1.29, 1.82) is 0 Å². The lowest BCUT2D eigenvalue weighted by atomic mass is 10.2. The van der Waals surface area contributed by atoms with Crippen LogP contribution in [0.3, 0.4) is 0 Å². The molecule has 0 aliphatic carbocycles. The third-order valence-electron chi connectivity index (χ3n) is 2.41. The Labute approximate surface area is 101 Å². The third-order valence-corrected chi connectivity index (χ3v) is 2.41. The molecule has 0 radical (unpaired) electrons. The first kappa shape index (κ1) is 15.9. The summed E-state index contributed by atoms with van der Waals surface area (Å²) in [5.41, 5.74) is 0. The zero-order valence-corrected chi connectivity index (χ0v) is 11.3. The lowest BCUT2D eigenvalue weighted by molar-refractivity contribution is 0.100. The fraction of sp³-hybridized carbons (Fsp3) is 1.00. The Morgan fingerprint density at radius 1 is 0.875 bits per heavy atom. The Morgan fingerprint density at radius 2 is 1.56 bits per heavy atom. The molecule has 3 nitrogen and oxygen atoms in total. The van der Waals surface area contributed by atoms with Gasteiger partial charge in [-0.2, -0.15) is 0 Å². The molecule has 0 bridgehead atoms. The highest BCUT2D eigenvalue weighted by Crippen LogP contribution is 2.00. The van der Waals surface area contributed by atoms with Crippen molar-refractivity contribution >= 4 is 0 Å². The van der Waals surface area contributed by atoms with Crippen molar-refractivity contribution in [3.8, 4) is 0 Å². The second-order valence-electron chi connectivity index (χ2n) is 4.48. The van der Waals surface area contributed by atoms with E-state index < -0.39 is 0 Å². The number of methoxy groups -OCH3 is 1. The van der Waals surface area contributed by atoms with Crippen molar-refractivity contribution in [3.05, 3.63) is 0 Å². The van der Waals surface area contributed by atoms with Gasteiger partial charge in [0.05, 0.1) is 0 Å². The zero-order chi connectivity index (χ0) is 12.1. The molecule has 0 aromatic carbocycles. The Kier molecular flexibility index (Phi) is 12.9. The molecule has 0 saturated heterocycles. The molecule has 0 fully saturated rings. The molecule has 1 N–H and O–H groups in total. The predicted octanol–water partition coefficient (Wildman–Crippen LogP) is 2.60. The fourth-order valence-electron chi connectivity index (χ4n) is 1.48. The van der Waals surface area contributed by atoms with Gasteiger partial charge in [0.25, 0.3) is 0 Å². The van der Waals surface area contributed by atoms with Crippen molar-refractivity contribution in [3.63, 3.8) is 0 Å². The van der Waals surface area contributed by atoms with Crippen LogP contribution in [0, 0.1) is 0 Å². The molecular formula is C13H29NO2. The molecule has 0 spiro atoms. The second kappa shape index (κ2) is 12.9. The van der Waals surface area contributed by atoms with E-state index in [2.05, 4.69) is 19.2 Å². The summed E-state index contributed by atoms with van der Waals surface area (Å²) in [6.07, 6.45) is 6.07. The second-order valence-corrected chi connectivity index (χ2v) is 4.48. The van der Waals surface area contributed by atoms with Gasteiger partial charge < -0.3 is 14.8 Å². The maximum atomic E-state index is 5.48. The van der Waals surface area contributed by atoms with Crippen LogP contribution in [0.5, 0.6) is 0 Å². The zero-order valence-electron chi connectivity index (χ0n) is 11.3. The number of ether oxygens (including phenoxy) is 2. The van der Waals surface area contributed by atoms with E-state index >= 15 is 0 Å². The van der Waals surface area contributed by atoms with Crippen LogP contribution in [-0.2, 0) is 9.47 Å². The van der Waals surface area contributed by atoms with E-state index in [1.807, 2.05) is 0 Å². The topological polar surface area (TPSA) is 30.5 Å². The summed E-state index contributed by atoms with van der Waals surface area (Å²) in [5.74, 6) is 0. The SMILES string of the molecule is COCCCOCCCCCCNC(C)C. The first-order chi connectivity index (χ1) is 7.77. The molecule has 16 heavy (non-hydrogen) atoms. The molecule has 0 amide bonds. The number of nitrogens with one attached hydrogen (secondary N) is 1. The number of unbranched alkanes of at least 4 members (excludes halogenated alkanes) is 3. The lowest BCUT2D eigenvalue weighted by Gasteiger charge is -2.07. The monoisotopic (exact) mass is 231 g/mol. The Morgan fingerprint density at radius 3 is 2.25 bits per heavy atom. The maximum Gasteiger partial charge on any atom is 0.0487 e. The van der Waals surface area contributed by atoms with Gasteiger partial charge in [-0.25, -0.2) is 0 Å². The van der Waals surface area contributed by atoms with Gasteiger partial charge in [-0.1, -0.05) is 26.7 Å². The normalized spacial score (nSPS) is 11.2. The summed E-state index contributed by atoms with van der Waals surface area (Å²) in [7, 11) is 1.73. The summed E-state index contributed by atoms with van der Waals surface area (Å²) in [4.78, 5) is 0. The van der Waals surface area contributed by atoms with Gasteiger partial charge >= 0.3 is 0 Å². The molecule has 98 valence electrons. The molecular weight excluding hydrogens is 202 g/mol. The van der Waals surface area contributed by atoms with Gasteiger partial charge in [-0.3, -0.25) is 0 Å². The first-order valence-corrected chi connectivity index (χ1v) is 6.57. The first-order valence-electron chi connectivity index (χ1n) is 6.57. The average Bonchev–Trinajstić information content (AvgIpc) is 2.25. The van der Waals surface area contributed by atoms with Gasteiger partial charge in [0, 0.05) is 33.0 Å². The molecule has 3 heteroatoms. The van der Waals surface area contributed by atoms with Gasteiger partial charge in [-0.05, 0) is 25.8 Å². The molecule has 0 aliphatic heterocycles. The number of hydrogen-bond acceptors (Lipinski definition) is 3.